The predicted molar refractivity (Wildman–Crippen MR) is 99.7 cm³/mol. The summed E-state index contributed by atoms with van der Waals surface area (Å²) in [5.74, 6) is 0.778. The monoisotopic (exact) mass is 340 g/mol. The zero-order valence-corrected chi connectivity index (χ0v) is 14.5. The highest BCUT2D eigenvalue weighted by Crippen LogP contribution is 2.41. The maximum absolute atomic E-state index is 12.2. The molecule has 1 saturated carbocycles. The average Bonchev–Trinajstić information content (AvgIpc) is 2.89. The summed E-state index contributed by atoms with van der Waals surface area (Å²) in [5, 5.41) is 0. The second-order valence-corrected chi connectivity index (χ2v) is 6.95. The fraction of sp³-hybridized carbons (Fsp3) is 0.500. The van der Waals surface area contributed by atoms with E-state index in [9.17, 15) is 4.79 Å². The van der Waals surface area contributed by atoms with Crippen LogP contribution in [0.3, 0.4) is 0 Å². The minimum atomic E-state index is -0.449. The molecule has 132 valence electrons. The molecule has 0 radical (unpaired) electrons. The number of nitrogens with zero attached hydrogens (tertiary/aromatic N) is 4. The Morgan fingerprint density at radius 2 is 1.96 bits per heavy atom. The summed E-state index contributed by atoms with van der Waals surface area (Å²) in [6.45, 7) is 2.67. The number of anilines is 2. The van der Waals surface area contributed by atoms with Gasteiger partial charge in [0.25, 0.3) is 0 Å². The number of hydrogen-bond acceptors (Lipinski definition) is 6. The first-order valence-electron chi connectivity index (χ1n) is 8.97. The largest absolute Gasteiger partial charge is 0.369 e. The molecule has 3 aliphatic rings. The zero-order valence-electron chi connectivity index (χ0n) is 14.5. The van der Waals surface area contributed by atoms with Crippen LogP contribution in [-0.4, -0.2) is 30.0 Å². The number of fused-ring (bicyclic) bond motifs is 1. The predicted octanol–water partition coefficient (Wildman–Crippen LogP) is 1.71. The van der Waals surface area contributed by atoms with Crippen molar-refractivity contribution in [3.8, 4) is 0 Å². The molecular formula is C18H24N6O. The van der Waals surface area contributed by atoms with E-state index in [1.165, 1.54) is 6.42 Å². The fourth-order valence-electron chi connectivity index (χ4n) is 4.35. The van der Waals surface area contributed by atoms with Gasteiger partial charge in [-0.3, -0.25) is 9.69 Å². The van der Waals surface area contributed by atoms with Crippen molar-refractivity contribution in [2.45, 2.75) is 51.1 Å². The van der Waals surface area contributed by atoms with Crippen LogP contribution in [0.5, 0.6) is 0 Å². The van der Waals surface area contributed by atoms with Crippen molar-refractivity contribution in [1.82, 2.24) is 0 Å². The first-order chi connectivity index (χ1) is 12.0. The van der Waals surface area contributed by atoms with Crippen molar-refractivity contribution in [2.24, 2.45) is 21.5 Å². The van der Waals surface area contributed by atoms with Crippen LogP contribution in [0, 0.1) is 0 Å². The summed E-state index contributed by atoms with van der Waals surface area (Å²) in [6.07, 6.45) is 5.62. The van der Waals surface area contributed by atoms with Crippen LogP contribution >= 0.6 is 0 Å². The molecule has 1 aromatic carbocycles. The van der Waals surface area contributed by atoms with Crippen molar-refractivity contribution in [2.75, 3.05) is 16.3 Å². The van der Waals surface area contributed by atoms with Crippen molar-refractivity contribution in [3.05, 3.63) is 23.8 Å². The van der Waals surface area contributed by atoms with Gasteiger partial charge in [-0.1, -0.05) is 6.42 Å². The van der Waals surface area contributed by atoms with E-state index >= 15 is 0 Å². The van der Waals surface area contributed by atoms with Crippen LogP contribution in [0.2, 0.25) is 0 Å². The smallest absolute Gasteiger partial charge is 0.231 e. The van der Waals surface area contributed by atoms with Crippen LogP contribution in [-0.2, 0) is 11.2 Å². The Labute approximate surface area is 147 Å². The molecule has 1 aromatic rings. The number of benzene rings is 1. The summed E-state index contributed by atoms with van der Waals surface area (Å²) in [6, 6.07) is 6.07. The molecule has 7 nitrogen and oxygen atoms in total. The average molecular weight is 340 g/mol. The van der Waals surface area contributed by atoms with Gasteiger partial charge in [0.2, 0.25) is 17.8 Å². The highest BCUT2D eigenvalue weighted by Gasteiger charge is 2.43. The molecule has 0 saturated heterocycles. The molecule has 0 bridgehead atoms. The molecular weight excluding hydrogens is 316 g/mol. The van der Waals surface area contributed by atoms with Gasteiger partial charge in [-0.15, -0.1) is 0 Å². The molecule has 25 heavy (non-hydrogen) atoms. The van der Waals surface area contributed by atoms with Crippen LogP contribution in [0.25, 0.3) is 0 Å². The van der Waals surface area contributed by atoms with Gasteiger partial charge < -0.3 is 16.4 Å². The Kier molecular flexibility index (Phi) is 3.67. The maximum Gasteiger partial charge on any atom is 0.231 e. The normalized spacial score (nSPS) is 22.0. The van der Waals surface area contributed by atoms with Gasteiger partial charge in [0, 0.05) is 17.9 Å². The summed E-state index contributed by atoms with van der Waals surface area (Å²) >= 11 is 0. The van der Waals surface area contributed by atoms with Crippen LogP contribution in [0.1, 0.15) is 44.6 Å². The third kappa shape index (κ3) is 2.45. The van der Waals surface area contributed by atoms with Gasteiger partial charge in [-0.2, -0.15) is 4.99 Å². The number of rotatable bonds is 2. The van der Waals surface area contributed by atoms with Gasteiger partial charge in [0.1, 0.15) is 5.66 Å². The molecule has 1 fully saturated rings. The van der Waals surface area contributed by atoms with Gasteiger partial charge in [0.05, 0.1) is 6.42 Å². The Hall–Kier alpha value is -2.57. The number of guanidine groups is 2. The van der Waals surface area contributed by atoms with E-state index in [-0.39, 0.29) is 11.9 Å². The number of hydrogen-bond donors (Lipinski definition) is 2. The second-order valence-electron chi connectivity index (χ2n) is 6.95. The highest BCUT2D eigenvalue weighted by atomic mass is 16.2. The molecule has 4 rings (SSSR count). The van der Waals surface area contributed by atoms with Gasteiger partial charge in [-0.25, -0.2) is 4.99 Å². The Bertz CT molecular complexity index is 778. The lowest BCUT2D eigenvalue weighted by molar-refractivity contribution is -0.117. The van der Waals surface area contributed by atoms with Crippen LogP contribution in [0.4, 0.5) is 11.4 Å². The van der Waals surface area contributed by atoms with E-state index in [2.05, 4.69) is 11.1 Å². The molecule has 7 heteroatoms. The number of carbonyl (C=O) groups excluding carboxylic acids is 1. The van der Waals surface area contributed by atoms with E-state index in [0.29, 0.717) is 18.9 Å². The van der Waals surface area contributed by atoms with Crippen molar-refractivity contribution >= 4 is 29.2 Å². The van der Waals surface area contributed by atoms with E-state index in [4.69, 9.17) is 16.5 Å². The number of carbonyl (C=O) groups is 1. The lowest BCUT2D eigenvalue weighted by Crippen LogP contribution is -2.58. The lowest BCUT2D eigenvalue weighted by atomic mass is 9.87. The topological polar surface area (TPSA) is 100 Å². The van der Waals surface area contributed by atoms with Crippen molar-refractivity contribution in [3.63, 3.8) is 0 Å². The number of likely N-dealkylation sites (N-methyl/N-ethyl adjacent to an activating group) is 1. The number of aliphatic imine (C=N–C) groups is 2. The molecule has 0 atom stereocenters. The standard InChI is InChI=1S/C18H24N6O/c1-2-23-14-7-6-13(10-12(14)11-15(23)25)24-17(20)21-16(19)22-18(24)8-4-3-5-9-18/h6-7,10H,2-5,8-9,11H2,1H3,(H4,19,20,21,22). The lowest BCUT2D eigenvalue weighted by Gasteiger charge is -2.45. The van der Waals surface area contributed by atoms with E-state index < -0.39 is 5.66 Å². The summed E-state index contributed by atoms with van der Waals surface area (Å²) in [5.41, 5.74) is 14.7. The third-order valence-electron chi connectivity index (χ3n) is 5.42. The minimum Gasteiger partial charge on any atom is -0.369 e. The van der Waals surface area contributed by atoms with E-state index in [1.807, 2.05) is 28.9 Å². The Balaban J connectivity index is 1.77. The quantitative estimate of drug-likeness (QED) is 0.856. The van der Waals surface area contributed by atoms with Gasteiger partial charge in [0.15, 0.2) is 0 Å². The minimum absolute atomic E-state index is 0.143. The van der Waals surface area contributed by atoms with Crippen LogP contribution < -0.4 is 21.3 Å². The van der Waals surface area contributed by atoms with Crippen molar-refractivity contribution < 1.29 is 4.79 Å². The molecule has 1 spiro atoms. The number of nitrogens with two attached hydrogens (primary N) is 2. The summed E-state index contributed by atoms with van der Waals surface area (Å²) in [4.78, 5) is 24.9. The fourth-order valence-corrected chi connectivity index (χ4v) is 4.35. The summed E-state index contributed by atoms with van der Waals surface area (Å²) < 4.78 is 0. The molecule has 0 aromatic heterocycles. The first kappa shape index (κ1) is 15.9. The van der Waals surface area contributed by atoms with Gasteiger partial charge in [-0.05, 0) is 56.4 Å². The SMILES string of the molecule is CCN1C(=O)Cc2cc(N3C(N)=NC(N)=NC34CCCCC4)ccc21. The Morgan fingerprint density at radius 1 is 1.20 bits per heavy atom. The molecule has 4 N–H and O–H groups in total. The zero-order chi connectivity index (χ0) is 17.6. The molecule has 2 aliphatic heterocycles. The molecule has 1 aliphatic carbocycles. The molecule has 0 unspecified atom stereocenters. The van der Waals surface area contributed by atoms with Crippen LogP contribution in [0.15, 0.2) is 28.2 Å². The third-order valence-corrected chi connectivity index (χ3v) is 5.42. The van der Waals surface area contributed by atoms with Crippen molar-refractivity contribution in [1.29, 1.82) is 0 Å². The van der Waals surface area contributed by atoms with E-state index in [0.717, 1.165) is 42.6 Å². The maximum atomic E-state index is 12.2. The molecule has 2 heterocycles. The summed E-state index contributed by atoms with van der Waals surface area (Å²) in [7, 11) is 0. The first-order valence-corrected chi connectivity index (χ1v) is 8.97. The van der Waals surface area contributed by atoms with E-state index in [1.54, 1.807) is 0 Å². The highest BCUT2D eigenvalue weighted by molar-refractivity contribution is 6.07. The molecule has 1 amide bonds. The van der Waals surface area contributed by atoms with Gasteiger partial charge >= 0.3 is 0 Å². The number of amides is 1. The Morgan fingerprint density at radius 3 is 2.68 bits per heavy atom. The second kappa shape index (κ2) is 5.75.